The number of halogens is 3. The molecule has 0 spiro atoms. The summed E-state index contributed by atoms with van der Waals surface area (Å²) < 4.78 is 0. The molecule has 0 saturated carbocycles. The maximum atomic E-state index is 11.0. The van der Waals surface area contributed by atoms with Gasteiger partial charge in [-0.25, -0.2) is 0 Å². The molecule has 1 aromatic rings. The Hall–Kier alpha value is -0.750. The maximum Gasteiger partial charge on any atom is 0.265 e. The molecule has 0 aromatic heterocycles. The van der Waals surface area contributed by atoms with Crippen LogP contribution in [0.4, 0.5) is 0 Å². The largest absolute Gasteiger partial charge is 0.277 e. The predicted molar refractivity (Wildman–Crippen MR) is 51.4 cm³/mol. The number of benzene rings is 1. The average Bonchev–Trinajstić information content (AvgIpc) is 2.02. The Morgan fingerprint density at radius 1 is 1.23 bits per heavy atom. The molecule has 13 heavy (non-hydrogen) atoms. The molecule has 0 bridgehead atoms. The van der Waals surface area contributed by atoms with Crippen LogP contribution < -0.4 is 0 Å². The topological polar surface area (TPSA) is 40.9 Å². The summed E-state index contributed by atoms with van der Waals surface area (Å²) in [6, 6.07) is 4.15. The SMILES string of the molecule is N#CC(=O)c1c(Cl)cc(Cl)cc1Cl. The van der Waals surface area contributed by atoms with Gasteiger partial charge >= 0.3 is 0 Å². The Morgan fingerprint density at radius 3 is 2.08 bits per heavy atom. The fourth-order valence-corrected chi connectivity index (χ4v) is 1.80. The molecule has 0 atom stereocenters. The van der Waals surface area contributed by atoms with E-state index >= 15 is 0 Å². The lowest BCUT2D eigenvalue weighted by molar-refractivity contribution is 0.105. The Labute approximate surface area is 89.6 Å². The van der Waals surface area contributed by atoms with Gasteiger partial charge in [0.25, 0.3) is 5.78 Å². The van der Waals surface area contributed by atoms with Gasteiger partial charge in [0.1, 0.15) is 6.07 Å². The van der Waals surface area contributed by atoms with E-state index in [-0.39, 0.29) is 15.6 Å². The van der Waals surface area contributed by atoms with Gasteiger partial charge in [-0.1, -0.05) is 34.8 Å². The van der Waals surface area contributed by atoms with Crippen LogP contribution in [0.25, 0.3) is 0 Å². The number of nitriles is 1. The molecule has 0 aliphatic heterocycles. The van der Waals surface area contributed by atoms with Gasteiger partial charge in [-0.2, -0.15) is 5.26 Å². The van der Waals surface area contributed by atoms with Gasteiger partial charge in [0, 0.05) is 5.02 Å². The van der Waals surface area contributed by atoms with Crippen LogP contribution in [-0.4, -0.2) is 5.78 Å². The fraction of sp³-hybridized carbons (Fsp3) is 0. The lowest BCUT2D eigenvalue weighted by Gasteiger charge is -2.01. The van der Waals surface area contributed by atoms with Gasteiger partial charge in [0.2, 0.25) is 0 Å². The number of nitrogens with zero attached hydrogens (tertiary/aromatic N) is 1. The molecule has 0 aliphatic rings. The second kappa shape index (κ2) is 3.97. The Bertz CT molecular complexity index is 385. The summed E-state index contributed by atoms with van der Waals surface area (Å²) >= 11 is 16.9. The fourth-order valence-electron chi connectivity index (χ4n) is 0.815. The van der Waals surface area contributed by atoms with Crippen molar-refractivity contribution in [2.24, 2.45) is 0 Å². The van der Waals surface area contributed by atoms with Crippen molar-refractivity contribution in [1.82, 2.24) is 0 Å². The van der Waals surface area contributed by atoms with Crippen LogP contribution in [0.1, 0.15) is 10.4 Å². The number of rotatable bonds is 1. The lowest BCUT2D eigenvalue weighted by Crippen LogP contribution is -1.97. The third-order valence-corrected chi connectivity index (χ3v) is 2.15. The third-order valence-electron chi connectivity index (χ3n) is 1.34. The number of Topliss-reactive ketones (excluding diaryl/α,β-unsaturated/α-hetero) is 1. The Morgan fingerprint density at radius 2 is 1.69 bits per heavy atom. The van der Waals surface area contributed by atoms with Crippen molar-refractivity contribution in [3.8, 4) is 6.07 Å². The molecule has 0 fully saturated rings. The zero-order chi connectivity index (χ0) is 10.0. The molecule has 66 valence electrons. The molecule has 0 radical (unpaired) electrons. The average molecular weight is 234 g/mol. The molecule has 0 heterocycles. The highest BCUT2D eigenvalue weighted by Crippen LogP contribution is 2.28. The highest BCUT2D eigenvalue weighted by molar-refractivity contribution is 6.43. The van der Waals surface area contributed by atoms with E-state index in [9.17, 15) is 4.79 Å². The first-order valence-electron chi connectivity index (χ1n) is 3.15. The van der Waals surface area contributed by atoms with Crippen molar-refractivity contribution in [3.63, 3.8) is 0 Å². The maximum absolute atomic E-state index is 11.0. The van der Waals surface area contributed by atoms with E-state index in [0.29, 0.717) is 5.02 Å². The molecule has 2 nitrogen and oxygen atoms in total. The molecule has 0 unspecified atom stereocenters. The van der Waals surface area contributed by atoms with Crippen molar-refractivity contribution in [1.29, 1.82) is 5.26 Å². The summed E-state index contributed by atoms with van der Waals surface area (Å²) in [7, 11) is 0. The normalized spacial score (nSPS) is 9.38. The molecule has 0 amide bonds. The second-order valence-corrected chi connectivity index (χ2v) is 3.44. The van der Waals surface area contributed by atoms with Crippen LogP contribution in [0, 0.1) is 11.3 Å². The van der Waals surface area contributed by atoms with E-state index in [1.807, 2.05) is 0 Å². The number of carbonyl (C=O) groups excluding carboxylic acids is 1. The van der Waals surface area contributed by atoms with Crippen molar-refractivity contribution in [2.45, 2.75) is 0 Å². The first kappa shape index (κ1) is 10.3. The highest BCUT2D eigenvalue weighted by Gasteiger charge is 2.14. The quantitative estimate of drug-likeness (QED) is 0.552. The van der Waals surface area contributed by atoms with Crippen LogP contribution in [0.5, 0.6) is 0 Å². The first-order chi connectivity index (χ1) is 6.06. The number of carbonyl (C=O) groups is 1. The number of hydrogen-bond donors (Lipinski definition) is 0. The van der Waals surface area contributed by atoms with Crippen molar-refractivity contribution in [3.05, 3.63) is 32.8 Å². The molecular weight excluding hydrogens is 232 g/mol. The van der Waals surface area contributed by atoms with Crippen molar-refractivity contribution in [2.75, 3.05) is 0 Å². The summed E-state index contributed by atoms with van der Waals surface area (Å²) in [5, 5.41) is 8.85. The van der Waals surface area contributed by atoms with E-state index < -0.39 is 5.78 Å². The van der Waals surface area contributed by atoms with Crippen LogP contribution in [0.2, 0.25) is 15.1 Å². The summed E-state index contributed by atoms with van der Waals surface area (Å²) in [6.45, 7) is 0. The van der Waals surface area contributed by atoms with Gasteiger partial charge in [-0.05, 0) is 12.1 Å². The van der Waals surface area contributed by atoms with E-state index in [4.69, 9.17) is 40.1 Å². The summed E-state index contributed by atoms with van der Waals surface area (Å²) in [5.41, 5.74) is -0.00441. The monoisotopic (exact) mass is 233 g/mol. The van der Waals surface area contributed by atoms with Gasteiger partial charge in [0.15, 0.2) is 0 Å². The first-order valence-corrected chi connectivity index (χ1v) is 4.28. The Kier molecular flexibility index (Phi) is 3.16. The van der Waals surface area contributed by atoms with Crippen LogP contribution >= 0.6 is 34.8 Å². The Balaban J connectivity index is 3.39. The zero-order valence-corrected chi connectivity index (χ0v) is 8.41. The zero-order valence-electron chi connectivity index (χ0n) is 6.14. The van der Waals surface area contributed by atoms with E-state index in [0.717, 1.165) is 0 Å². The van der Waals surface area contributed by atoms with Gasteiger partial charge in [0.05, 0.1) is 15.6 Å². The number of ketones is 1. The standard InChI is InChI=1S/C8H2Cl3NO/c9-4-1-5(10)8(6(11)2-4)7(13)3-12/h1-2H. The van der Waals surface area contributed by atoms with Crippen LogP contribution in [-0.2, 0) is 0 Å². The van der Waals surface area contributed by atoms with Crippen molar-refractivity contribution >= 4 is 40.6 Å². The van der Waals surface area contributed by atoms with Crippen LogP contribution in [0.3, 0.4) is 0 Å². The minimum absolute atomic E-state index is 0.00441. The summed E-state index contributed by atoms with van der Waals surface area (Å²) in [6.07, 6.45) is 0. The lowest BCUT2D eigenvalue weighted by atomic mass is 10.1. The molecule has 1 aromatic carbocycles. The molecule has 5 heteroatoms. The molecule has 1 rings (SSSR count). The summed E-state index contributed by atoms with van der Waals surface area (Å²) in [4.78, 5) is 11.0. The highest BCUT2D eigenvalue weighted by atomic mass is 35.5. The van der Waals surface area contributed by atoms with E-state index in [1.54, 1.807) is 0 Å². The predicted octanol–water partition coefficient (Wildman–Crippen LogP) is 3.35. The molecular formula is C8H2Cl3NO. The molecule has 0 saturated heterocycles. The molecule has 0 aliphatic carbocycles. The van der Waals surface area contributed by atoms with Gasteiger partial charge < -0.3 is 0 Å². The van der Waals surface area contributed by atoms with Crippen LogP contribution in [0.15, 0.2) is 12.1 Å². The minimum atomic E-state index is -0.772. The molecule has 0 N–H and O–H groups in total. The second-order valence-electron chi connectivity index (χ2n) is 2.19. The van der Waals surface area contributed by atoms with E-state index in [2.05, 4.69) is 0 Å². The van der Waals surface area contributed by atoms with Crippen molar-refractivity contribution < 1.29 is 4.79 Å². The number of hydrogen-bond acceptors (Lipinski definition) is 2. The third kappa shape index (κ3) is 2.13. The van der Waals surface area contributed by atoms with Gasteiger partial charge in [-0.15, -0.1) is 0 Å². The summed E-state index contributed by atoms with van der Waals surface area (Å²) in [5.74, 6) is -0.772. The van der Waals surface area contributed by atoms with Gasteiger partial charge in [-0.3, -0.25) is 4.79 Å². The van der Waals surface area contributed by atoms with E-state index in [1.165, 1.54) is 18.2 Å². The smallest absolute Gasteiger partial charge is 0.265 e. The minimum Gasteiger partial charge on any atom is -0.277 e.